The summed E-state index contributed by atoms with van der Waals surface area (Å²) in [5, 5.41) is 9.15. The second kappa shape index (κ2) is 12.8. The Hall–Kier alpha value is -4.08. The van der Waals surface area contributed by atoms with Gasteiger partial charge < -0.3 is 26.4 Å². The summed E-state index contributed by atoms with van der Waals surface area (Å²) in [4.78, 5) is 13.3. The summed E-state index contributed by atoms with van der Waals surface area (Å²) in [5.74, 6) is 0.614. The van der Waals surface area contributed by atoms with Gasteiger partial charge in [-0.05, 0) is 84.5 Å². The Morgan fingerprint density at radius 3 is 2.33 bits per heavy atom. The van der Waals surface area contributed by atoms with Gasteiger partial charge in [-0.2, -0.15) is 13.2 Å². The Morgan fingerprint density at radius 2 is 1.68 bits per heavy atom. The summed E-state index contributed by atoms with van der Waals surface area (Å²) in [6.07, 6.45) is -1.62. The molecule has 4 rings (SSSR count). The second-order valence-corrected chi connectivity index (χ2v) is 9.75. The maximum atomic E-state index is 13.3. The van der Waals surface area contributed by atoms with Gasteiger partial charge in [-0.1, -0.05) is 43.0 Å². The van der Waals surface area contributed by atoms with Gasteiger partial charge in [0.15, 0.2) is 0 Å². The lowest BCUT2D eigenvalue weighted by Crippen LogP contribution is -2.25. The van der Waals surface area contributed by atoms with E-state index < -0.39 is 17.7 Å². The molecule has 1 atom stereocenters. The van der Waals surface area contributed by atoms with E-state index in [0.717, 1.165) is 29.0 Å². The number of benzene rings is 3. The summed E-state index contributed by atoms with van der Waals surface area (Å²) in [5.41, 5.74) is 7.73. The molecule has 1 saturated carbocycles. The zero-order chi connectivity index (χ0) is 28.7. The highest BCUT2D eigenvalue weighted by Gasteiger charge is 2.31. The minimum atomic E-state index is -4.69. The van der Waals surface area contributed by atoms with E-state index in [0.29, 0.717) is 23.4 Å². The molecule has 3 aromatic rings. The lowest BCUT2D eigenvalue weighted by atomic mass is 9.97. The number of rotatable bonds is 12. The molecule has 210 valence electrons. The number of hydrogen-bond acceptors (Lipinski definition) is 5. The molecule has 9 heteroatoms. The van der Waals surface area contributed by atoms with E-state index in [1.165, 1.54) is 12.8 Å². The Bertz CT molecular complexity index is 1380. The molecule has 0 aromatic heterocycles. The fourth-order valence-electron chi connectivity index (χ4n) is 4.20. The number of nitrogens with two attached hydrogens (primary N) is 1. The first-order valence-corrected chi connectivity index (χ1v) is 13.0. The van der Waals surface area contributed by atoms with Crippen LogP contribution >= 0.6 is 0 Å². The van der Waals surface area contributed by atoms with Crippen LogP contribution in [0.5, 0.6) is 5.75 Å². The molecule has 1 fully saturated rings. The maximum Gasteiger partial charge on any atom is 0.415 e. The van der Waals surface area contributed by atoms with Gasteiger partial charge >= 0.3 is 6.18 Å². The van der Waals surface area contributed by atoms with Crippen LogP contribution in [0.15, 0.2) is 96.7 Å². The second-order valence-electron chi connectivity index (χ2n) is 9.75. The quantitative estimate of drug-likeness (QED) is 0.157. The molecule has 1 aliphatic rings. The number of ether oxygens (including phenoxy) is 1. The molecule has 0 saturated heterocycles. The van der Waals surface area contributed by atoms with E-state index in [9.17, 15) is 18.0 Å². The molecule has 0 spiro atoms. The van der Waals surface area contributed by atoms with E-state index in [4.69, 9.17) is 10.5 Å². The zero-order valence-electron chi connectivity index (χ0n) is 22.2. The van der Waals surface area contributed by atoms with Crippen molar-refractivity contribution in [3.05, 3.63) is 113 Å². The first-order chi connectivity index (χ1) is 19.2. The number of carbonyl (C=O) groups is 1. The lowest BCUT2D eigenvalue weighted by Gasteiger charge is -2.21. The largest absolute Gasteiger partial charge is 0.497 e. The van der Waals surface area contributed by atoms with Gasteiger partial charge in [0.25, 0.3) is 5.91 Å². The third-order valence-corrected chi connectivity index (χ3v) is 6.58. The number of alkyl halides is 3. The molecule has 3 aromatic carbocycles. The number of amides is 1. The average Bonchev–Trinajstić information content (AvgIpc) is 3.77. The summed E-state index contributed by atoms with van der Waals surface area (Å²) >= 11 is 0. The van der Waals surface area contributed by atoms with Crippen molar-refractivity contribution in [1.82, 2.24) is 5.32 Å². The standard InChI is InChI=1S/C31H33F3N4O2/c1-20(31(32,33)34)14-28(37-25-9-3-6-22(15-25)18-35)30(39)38-26-10-4-7-23(16-26)29(36-19-21-12-13-21)24-8-5-11-27(17-24)40-2/h3-11,14-17,21,29,36-37H,1,12-13,18-19,35H2,2H3,(H,38,39)/b28-14-. The first-order valence-electron chi connectivity index (χ1n) is 13.0. The van der Waals surface area contributed by atoms with E-state index in [1.807, 2.05) is 36.4 Å². The van der Waals surface area contributed by atoms with Crippen LogP contribution < -0.4 is 26.4 Å². The smallest absolute Gasteiger partial charge is 0.415 e. The van der Waals surface area contributed by atoms with Gasteiger partial charge in [0.05, 0.1) is 18.7 Å². The highest BCUT2D eigenvalue weighted by atomic mass is 19.4. The molecule has 6 nitrogen and oxygen atoms in total. The number of methoxy groups -OCH3 is 1. The molecule has 0 heterocycles. The van der Waals surface area contributed by atoms with Gasteiger partial charge in [-0.25, -0.2) is 0 Å². The van der Waals surface area contributed by atoms with E-state index in [-0.39, 0.29) is 18.3 Å². The number of nitrogens with one attached hydrogen (secondary N) is 3. The molecular weight excluding hydrogens is 517 g/mol. The molecule has 1 aliphatic carbocycles. The number of hydrogen-bond donors (Lipinski definition) is 4. The Kier molecular flexibility index (Phi) is 9.29. The number of allylic oxidation sites excluding steroid dienone is 2. The minimum Gasteiger partial charge on any atom is -0.497 e. The van der Waals surface area contributed by atoms with Crippen molar-refractivity contribution in [2.45, 2.75) is 31.6 Å². The van der Waals surface area contributed by atoms with Crippen molar-refractivity contribution in [1.29, 1.82) is 0 Å². The topological polar surface area (TPSA) is 88.4 Å². The Morgan fingerprint density at radius 1 is 1.02 bits per heavy atom. The molecule has 0 bridgehead atoms. The molecule has 40 heavy (non-hydrogen) atoms. The lowest BCUT2D eigenvalue weighted by molar-refractivity contribution is -0.112. The van der Waals surface area contributed by atoms with Gasteiger partial charge in [-0.15, -0.1) is 0 Å². The van der Waals surface area contributed by atoms with E-state index in [2.05, 4.69) is 22.5 Å². The minimum absolute atomic E-state index is 0.176. The van der Waals surface area contributed by atoms with Crippen LogP contribution in [0.2, 0.25) is 0 Å². The van der Waals surface area contributed by atoms with Crippen LogP contribution in [0.1, 0.15) is 35.6 Å². The molecular formula is C31H33F3N4O2. The van der Waals surface area contributed by atoms with Gasteiger partial charge in [-0.3, -0.25) is 4.79 Å². The average molecular weight is 551 g/mol. The summed E-state index contributed by atoms with van der Waals surface area (Å²) in [6.45, 7) is 4.18. The SMILES string of the molecule is C=C(/C=C(\Nc1cccc(CN)c1)C(=O)Nc1cccc(C(NCC2CC2)c2cccc(OC)c2)c1)C(F)(F)F. The third-order valence-electron chi connectivity index (χ3n) is 6.58. The molecule has 0 aliphatic heterocycles. The highest BCUT2D eigenvalue weighted by Crippen LogP contribution is 2.32. The fraction of sp³-hybridized carbons (Fsp3) is 0.258. The Labute approximate surface area is 232 Å². The van der Waals surface area contributed by atoms with Crippen LogP contribution in [0, 0.1) is 5.92 Å². The van der Waals surface area contributed by atoms with Gasteiger partial charge in [0.1, 0.15) is 11.4 Å². The maximum absolute atomic E-state index is 13.3. The van der Waals surface area contributed by atoms with Crippen LogP contribution in [-0.2, 0) is 11.3 Å². The predicted molar refractivity (Wildman–Crippen MR) is 152 cm³/mol. The molecule has 1 amide bonds. The Balaban J connectivity index is 1.60. The summed E-state index contributed by atoms with van der Waals surface area (Å²) in [6, 6.07) is 21.6. The molecule has 0 radical (unpaired) electrons. The van der Waals surface area contributed by atoms with Crippen LogP contribution in [0.25, 0.3) is 0 Å². The van der Waals surface area contributed by atoms with Gasteiger partial charge in [0, 0.05) is 17.9 Å². The number of halogens is 3. The van der Waals surface area contributed by atoms with Crippen molar-refractivity contribution in [3.8, 4) is 5.75 Å². The summed E-state index contributed by atoms with van der Waals surface area (Å²) in [7, 11) is 1.61. The van der Waals surface area contributed by atoms with E-state index in [1.54, 1.807) is 43.5 Å². The van der Waals surface area contributed by atoms with Crippen molar-refractivity contribution < 1.29 is 22.7 Å². The van der Waals surface area contributed by atoms with Crippen molar-refractivity contribution in [2.75, 3.05) is 24.3 Å². The van der Waals surface area contributed by atoms with Crippen molar-refractivity contribution in [3.63, 3.8) is 0 Å². The van der Waals surface area contributed by atoms with E-state index >= 15 is 0 Å². The predicted octanol–water partition coefficient (Wildman–Crippen LogP) is 6.30. The zero-order valence-corrected chi connectivity index (χ0v) is 22.2. The normalized spacial score (nSPS) is 14.4. The van der Waals surface area contributed by atoms with Crippen molar-refractivity contribution in [2.24, 2.45) is 11.7 Å². The molecule has 5 N–H and O–H groups in total. The van der Waals surface area contributed by atoms with Crippen molar-refractivity contribution >= 4 is 17.3 Å². The van der Waals surface area contributed by atoms with Crippen LogP contribution in [0.4, 0.5) is 24.5 Å². The molecule has 1 unspecified atom stereocenters. The number of carbonyl (C=O) groups excluding carboxylic acids is 1. The third kappa shape index (κ3) is 7.97. The van der Waals surface area contributed by atoms with Crippen LogP contribution in [-0.4, -0.2) is 25.7 Å². The summed E-state index contributed by atoms with van der Waals surface area (Å²) < 4.78 is 45.3. The number of anilines is 2. The monoisotopic (exact) mass is 550 g/mol. The van der Waals surface area contributed by atoms with Gasteiger partial charge in [0.2, 0.25) is 0 Å². The first kappa shape index (κ1) is 28.9. The highest BCUT2D eigenvalue weighted by molar-refractivity contribution is 6.06. The fourth-order valence-corrected chi connectivity index (χ4v) is 4.20. The van der Waals surface area contributed by atoms with Crippen LogP contribution in [0.3, 0.4) is 0 Å².